The Bertz CT molecular complexity index is 527. The van der Waals surface area contributed by atoms with Gasteiger partial charge in [-0.1, -0.05) is 13.8 Å². The van der Waals surface area contributed by atoms with Crippen LogP contribution >= 0.6 is 0 Å². The van der Waals surface area contributed by atoms with E-state index in [9.17, 15) is 14.7 Å². The molecule has 4 rings (SSSR count). The van der Waals surface area contributed by atoms with Crippen LogP contribution in [0, 0.1) is 34.5 Å². The lowest BCUT2D eigenvalue weighted by molar-refractivity contribution is -0.163. The van der Waals surface area contributed by atoms with Gasteiger partial charge >= 0.3 is 0 Å². The third kappa shape index (κ3) is 1.78. The second-order valence-corrected chi connectivity index (χ2v) is 8.99. The smallest absolute Gasteiger partial charge is 0.139 e. The summed E-state index contributed by atoms with van der Waals surface area (Å²) in [6.07, 6.45) is 6.89. The second kappa shape index (κ2) is 4.66. The number of aliphatic hydroxyl groups is 1. The lowest BCUT2D eigenvalue weighted by Gasteiger charge is -2.59. The summed E-state index contributed by atoms with van der Waals surface area (Å²) in [5.41, 5.74) is -0.417. The maximum Gasteiger partial charge on any atom is 0.139 e. The molecule has 4 aliphatic carbocycles. The molecule has 0 bridgehead atoms. The maximum atomic E-state index is 13.1. The molecule has 0 radical (unpaired) electrons. The van der Waals surface area contributed by atoms with Gasteiger partial charge in [0.15, 0.2) is 0 Å². The van der Waals surface area contributed by atoms with Crippen molar-refractivity contribution in [3.05, 3.63) is 0 Å². The molecule has 7 atom stereocenters. The Labute approximate surface area is 132 Å². The Kier molecular flexibility index (Phi) is 3.15. The summed E-state index contributed by atoms with van der Waals surface area (Å²) in [6.45, 7) is 4.31. The zero-order valence-corrected chi connectivity index (χ0v) is 13.8. The molecule has 0 aromatic heterocycles. The molecular weight excluding hydrogens is 276 g/mol. The van der Waals surface area contributed by atoms with Gasteiger partial charge in [-0.05, 0) is 61.7 Å². The Hall–Kier alpha value is -0.700. The van der Waals surface area contributed by atoms with Crippen LogP contribution in [0.25, 0.3) is 0 Å². The quantitative estimate of drug-likeness (QED) is 0.748. The summed E-state index contributed by atoms with van der Waals surface area (Å²) in [7, 11) is 0. The van der Waals surface area contributed by atoms with Crippen LogP contribution in [0.2, 0.25) is 0 Å². The highest BCUT2D eigenvalue weighted by atomic mass is 16.3. The molecule has 0 heterocycles. The summed E-state index contributed by atoms with van der Waals surface area (Å²) >= 11 is 0. The van der Waals surface area contributed by atoms with Gasteiger partial charge in [0.2, 0.25) is 0 Å². The summed E-state index contributed by atoms with van der Waals surface area (Å²) in [5.74, 6) is 2.09. The standard InChI is InChI=1S/C19H28O3/c1-18-9-12(20)5-3-11(18)4-6-13-14-7-8-16(22)19(14,2)10-15(21)17(13)18/h11-14,17,20H,3-10H2,1-2H3/t11-,12+,13+,14+,17-,18+,19+/m1/s1. The molecule has 0 aliphatic heterocycles. The molecule has 4 aliphatic rings. The minimum Gasteiger partial charge on any atom is -0.393 e. The molecular formula is C19H28O3. The summed E-state index contributed by atoms with van der Waals surface area (Å²) in [4.78, 5) is 25.4. The van der Waals surface area contributed by atoms with Crippen LogP contribution in [0.3, 0.4) is 0 Å². The van der Waals surface area contributed by atoms with Crippen molar-refractivity contribution < 1.29 is 14.7 Å². The molecule has 1 N–H and O–H groups in total. The van der Waals surface area contributed by atoms with Gasteiger partial charge in [-0.15, -0.1) is 0 Å². The van der Waals surface area contributed by atoms with Crippen LogP contribution in [0.1, 0.15) is 65.2 Å². The molecule has 3 heteroatoms. The van der Waals surface area contributed by atoms with Crippen molar-refractivity contribution in [1.29, 1.82) is 0 Å². The normalized spacial score (nSPS) is 54.6. The fourth-order valence-corrected chi connectivity index (χ4v) is 6.93. The molecule has 4 saturated carbocycles. The zero-order chi connectivity index (χ0) is 15.7. The van der Waals surface area contributed by atoms with Gasteiger partial charge in [0, 0.05) is 24.2 Å². The van der Waals surface area contributed by atoms with Gasteiger partial charge in [-0.25, -0.2) is 0 Å². The van der Waals surface area contributed by atoms with Crippen molar-refractivity contribution >= 4 is 11.6 Å². The third-order valence-electron chi connectivity index (χ3n) is 7.99. The van der Waals surface area contributed by atoms with Crippen molar-refractivity contribution in [2.45, 2.75) is 71.3 Å². The van der Waals surface area contributed by atoms with Crippen molar-refractivity contribution in [1.82, 2.24) is 0 Å². The molecule has 3 nitrogen and oxygen atoms in total. The largest absolute Gasteiger partial charge is 0.393 e. The van der Waals surface area contributed by atoms with E-state index in [1.54, 1.807) is 0 Å². The Balaban J connectivity index is 1.73. The molecule has 122 valence electrons. The summed E-state index contributed by atoms with van der Waals surface area (Å²) in [6, 6.07) is 0. The molecule has 0 unspecified atom stereocenters. The molecule has 0 saturated heterocycles. The minimum atomic E-state index is -0.380. The Morgan fingerprint density at radius 1 is 1.05 bits per heavy atom. The molecule has 4 fully saturated rings. The van der Waals surface area contributed by atoms with Gasteiger partial charge in [-0.2, -0.15) is 0 Å². The Morgan fingerprint density at radius 2 is 1.77 bits per heavy atom. The maximum absolute atomic E-state index is 13.1. The van der Waals surface area contributed by atoms with E-state index in [0.29, 0.717) is 42.2 Å². The SMILES string of the molecule is C[C@]12C[C@@H](O)CC[C@@H]1CC[C@@H]1[C@@H]2C(=O)C[C@]2(C)C(=O)CC[C@@H]12. The first-order chi connectivity index (χ1) is 10.4. The molecule has 0 aromatic rings. The summed E-state index contributed by atoms with van der Waals surface area (Å²) in [5, 5.41) is 10.2. The molecule has 0 spiro atoms. The van der Waals surface area contributed by atoms with Crippen molar-refractivity contribution in [2.24, 2.45) is 34.5 Å². The van der Waals surface area contributed by atoms with E-state index in [2.05, 4.69) is 6.92 Å². The van der Waals surface area contributed by atoms with Gasteiger partial charge in [-0.3, -0.25) is 9.59 Å². The third-order valence-corrected chi connectivity index (χ3v) is 7.99. The predicted molar refractivity (Wildman–Crippen MR) is 83.1 cm³/mol. The van der Waals surface area contributed by atoms with Crippen molar-refractivity contribution in [3.8, 4) is 0 Å². The van der Waals surface area contributed by atoms with E-state index in [-0.39, 0.29) is 22.9 Å². The van der Waals surface area contributed by atoms with Crippen LogP contribution in [0.4, 0.5) is 0 Å². The zero-order valence-electron chi connectivity index (χ0n) is 13.8. The number of hydrogen-bond acceptors (Lipinski definition) is 3. The predicted octanol–water partition coefficient (Wildman–Crippen LogP) is 3.14. The number of carbonyl (C=O) groups excluding carboxylic acids is 2. The number of hydrogen-bond donors (Lipinski definition) is 1. The highest BCUT2D eigenvalue weighted by Crippen LogP contribution is 2.64. The fourth-order valence-electron chi connectivity index (χ4n) is 6.93. The van der Waals surface area contributed by atoms with Crippen LogP contribution < -0.4 is 0 Å². The fraction of sp³-hybridized carbons (Fsp3) is 0.895. The van der Waals surface area contributed by atoms with Gasteiger partial charge in [0.25, 0.3) is 0 Å². The van der Waals surface area contributed by atoms with Crippen molar-refractivity contribution in [3.63, 3.8) is 0 Å². The van der Waals surface area contributed by atoms with Crippen LogP contribution in [0.5, 0.6) is 0 Å². The highest BCUT2D eigenvalue weighted by Gasteiger charge is 2.63. The van der Waals surface area contributed by atoms with E-state index in [1.165, 1.54) is 6.42 Å². The minimum absolute atomic E-state index is 0.0371. The monoisotopic (exact) mass is 304 g/mol. The summed E-state index contributed by atoms with van der Waals surface area (Å²) < 4.78 is 0. The number of carbonyl (C=O) groups is 2. The lowest BCUT2D eigenvalue weighted by Crippen LogP contribution is -2.58. The van der Waals surface area contributed by atoms with Gasteiger partial charge in [0.05, 0.1) is 6.10 Å². The second-order valence-electron chi connectivity index (χ2n) is 8.99. The number of Topliss-reactive ketones (excluding diaryl/α,β-unsaturated/α-hetero) is 2. The van der Waals surface area contributed by atoms with Crippen LogP contribution in [-0.2, 0) is 9.59 Å². The number of ketones is 2. The van der Waals surface area contributed by atoms with Crippen LogP contribution in [-0.4, -0.2) is 22.8 Å². The molecule has 22 heavy (non-hydrogen) atoms. The first kappa shape index (κ1) is 14.9. The molecule has 0 aromatic carbocycles. The number of fused-ring (bicyclic) bond motifs is 5. The first-order valence-corrected chi connectivity index (χ1v) is 9.10. The van der Waals surface area contributed by atoms with Crippen LogP contribution in [0.15, 0.2) is 0 Å². The van der Waals surface area contributed by atoms with E-state index >= 15 is 0 Å². The van der Waals surface area contributed by atoms with Gasteiger partial charge in [0.1, 0.15) is 11.6 Å². The van der Waals surface area contributed by atoms with E-state index in [1.807, 2.05) is 6.92 Å². The Morgan fingerprint density at radius 3 is 2.55 bits per heavy atom. The lowest BCUT2D eigenvalue weighted by atomic mass is 9.45. The highest BCUT2D eigenvalue weighted by molar-refractivity contribution is 5.95. The van der Waals surface area contributed by atoms with Gasteiger partial charge < -0.3 is 5.11 Å². The molecule has 0 amide bonds. The number of rotatable bonds is 0. The van der Waals surface area contributed by atoms with E-state index < -0.39 is 0 Å². The topological polar surface area (TPSA) is 54.4 Å². The van der Waals surface area contributed by atoms with E-state index in [4.69, 9.17) is 0 Å². The average molecular weight is 304 g/mol. The van der Waals surface area contributed by atoms with Crippen molar-refractivity contribution in [2.75, 3.05) is 0 Å². The first-order valence-electron chi connectivity index (χ1n) is 9.10. The number of aliphatic hydroxyl groups excluding tert-OH is 1. The van der Waals surface area contributed by atoms with E-state index in [0.717, 1.165) is 32.1 Å². The average Bonchev–Trinajstić information content (AvgIpc) is 2.73.